The summed E-state index contributed by atoms with van der Waals surface area (Å²) in [5.41, 5.74) is 0.887. The average Bonchev–Trinajstić information content (AvgIpc) is 3.06. The molecule has 2 heterocycles. The third kappa shape index (κ3) is 4.56. The first-order valence-corrected chi connectivity index (χ1v) is 8.38. The summed E-state index contributed by atoms with van der Waals surface area (Å²) in [6.07, 6.45) is 3.89. The lowest BCUT2D eigenvalue weighted by molar-refractivity contribution is 0.0926. The van der Waals surface area contributed by atoms with Crippen molar-refractivity contribution in [2.45, 2.75) is 25.3 Å². The van der Waals surface area contributed by atoms with E-state index in [1.807, 2.05) is 5.38 Å². The maximum atomic E-state index is 11.7. The average molecular weight is 334 g/mol. The number of hydrogen-bond acceptors (Lipinski definition) is 5. The second-order valence-corrected chi connectivity index (χ2v) is 6.18. The van der Waals surface area contributed by atoms with E-state index in [9.17, 15) is 9.59 Å². The van der Waals surface area contributed by atoms with Gasteiger partial charge in [-0.1, -0.05) is 0 Å². The lowest BCUT2D eigenvalue weighted by Crippen LogP contribution is -2.40. The highest BCUT2D eigenvalue weighted by molar-refractivity contribution is 7.09. The highest BCUT2D eigenvalue weighted by Crippen LogP contribution is 2.41. The summed E-state index contributed by atoms with van der Waals surface area (Å²) in [7, 11) is 0. The van der Waals surface area contributed by atoms with Crippen LogP contribution in [-0.2, 0) is 6.54 Å². The van der Waals surface area contributed by atoms with Crippen LogP contribution in [-0.4, -0.2) is 30.0 Å². The number of nitrogens with one attached hydrogen (secondary N) is 3. The Bertz CT molecular complexity index is 664. The molecule has 1 fully saturated rings. The summed E-state index contributed by atoms with van der Waals surface area (Å²) in [6, 6.07) is 2.95. The third-order valence-electron chi connectivity index (χ3n) is 3.37. The molecule has 0 radical (unpaired) electrons. The third-order valence-corrected chi connectivity index (χ3v) is 4.42. The number of carbonyl (C=O) groups is 2. The minimum atomic E-state index is -0.299. The SMILES string of the molecule is O=C(NCCNC(=O)c1ccco1)NCc1csc(C2CC2)n1. The van der Waals surface area contributed by atoms with E-state index in [4.69, 9.17) is 4.42 Å². The summed E-state index contributed by atoms with van der Waals surface area (Å²) in [5.74, 6) is 0.595. The lowest BCUT2D eigenvalue weighted by atomic mass is 10.4. The van der Waals surface area contributed by atoms with Crippen molar-refractivity contribution in [3.63, 3.8) is 0 Å². The van der Waals surface area contributed by atoms with Gasteiger partial charge in [0.15, 0.2) is 5.76 Å². The zero-order valence-corrected chi connectivity index (χ0v) is 13.3. The second-order valence-electron chi connectivity index (χ2n) is 5.29. The minimum Gasteiger partial charge on any atom is -0.459 e. The van der Waals surface area contributed by atoms with E-state index in [2.05, 4.69) is 20.9 Å². The predicted molar refractivity (Wildman–Crippen MR) is 85.4 cm³/mol. The van der Waals surface area contributed by atoms with E-state index in [1.165, 1.54) is 24.1 Å². The van der Waals surface area contributed by atoms with Gasteiger partial charge in [-0.3, -0.25) is 4.79 Å². The molecule has 2 aromatic heterocycles. The molecule has 3 rings (SSSR count). The highest BCUT2D eigenvalue weighted by atomic mass is 32.1. The molecule has 1 aliphatic carbocycles. The van der Waals surface area contributed by atoms with Gasteiger partial charge in [-0.05, 0) is 25.0 Å². The highest BCUT2D eigenvalue weighted by Gasteiger charge is 2.26. The fourth-order valence-electron chi connectivity index (χ4n) is 2.00. The van der Waals surface area contributed by atoms with Crippen molar-refractivity contribution in [1.29, 1.82) is 0 Å². The van der Waals surface area contributed by atoms with Gasteiger partial charge in [0.05, 0.1) is 23.5 Å². The van der Waals surface area contributed by atoms with Crippen molar-refractivity contribution in [1.82, 2.24) is 20.9 Å². The Balaban J connectivity index is 1.29. The van der Waals surface area contributed by atoms with Crippen LogP contribution in [0.1, 0.15) is 40.0 Å². The van der Waals surface area contributed by atoms with Crippen LogP contribution in [0.5, 0.6) is 0 Å². The van der Waals surface area contributed by atoms with Gasteiger partial charge < -0.3 is 20.4 Å². The molecule has 1 aliphatic rings. The van der Waals surface area contributed by atoms with Crippen molar-refractivity contribution in [3.05, 3.63) is 40.2 Å². The molecule has 0 bridgehead atoms. The first-order valence-electron chi connectivity index (χ1n) is 7.50. The normalized spacial score (nSPS) is 13.6. The zero-order valence-electron chi connectivity index (χ0n) is 12.5. The Hall–Kier alpha value is -2.35. The Morgan fingerprint density at radius 3 is 2.83 bits per heavy atom. The van der Waals surface area contributed by atoms with Crippen LogP contribution >= 0.6 is 11.3 Å². The molecule has 3 N–H and O–H groups in total. The summed E-state index contributed by atoms with van der Waals surface area (Å²) >= 11 is 1.66. The fraction of sp³-hybridized carbons (Fsp3) is 0.400. The predicted octanol–water partition coefficient (Wildman–Crippen LogP) is 1.84. The number of nitrogens with zero attached hydrogens (tertiary/aromatic N) is 1. The summed E-state index contributed by atoms with van der Waals surface area (Å²) in [5, 5.41) is 11.2. The first kappa shape index (κ1) is 15.5. The van der Waals surface area contributed by atoms with Crippen molar-refractivity contribution < 1.29 is 14.0 Å². The van der Waals surface area contributed by atoms with Crippen LogP contribution in [0.3, 0.4) is 0 Å². The Morgan fingerprint density at radius 1 is 1.26 bits per heavy atom. The zero-order chi connectivity index (χ0) is 16.1. The number of thiazole rings is 1. The maximum Gasteiger partial charge on any atom is 0.315 e. The van der Waals surface area contributed by atoms with Gasteiger partial charge in [0.25, 0.3) is 5.91 Å². The number of amides is 3. The molecule has 2 aromatic rings. The summed E-state index contributed by atoms with van der Waals surface area (Å²) in [6.45, 7) is 1.08. The number of carbonyl (C=O) groups excluding carboxylic acids is 2. The van der Waals surface area contributed by atoms with Crippen molar-refractivity contribution >= 4 is 23.3 Å². The first-order chi connectivity index (χ1) is 11.2. The molecule has 0 saturated heterocycles. The lowest BCUT2D eigenvalue weighted by Gasteiger charge is -2.07. The Morgan fingerprint density at radius 2 is 2.09 bits per heavy atom. The number of rotatable bonds is 7. The van der Waals surface area contributed by atoms with E-state index >= 15 is 0 Å². The molecule has 0 atom stereocenters. The molecule has 3 amide bonds. The standard InChI is InChI=1S/C15H18N4O3S/c20-13(12-2-1-7-22-12)16-5-6-17-15(21)18-8-11-9-23-14(19-11)10-3-4-10/h1-2,7,9-10H,3-6,8H2,(H,16,20)(H2,17,18,21). The van der Waals surface area contributed by atoms with Crippen LogP contribution in [0.15, 0.2) is 28.2 Å². The van der Waals surface area contributed by atoms with E-state index in [1.54, 1.807) is 23.5 Å². The van der Waals surface area contributed by atoms with Gasteiger partial charge in [-0.2, -0.15) is 0 Å². The molecule has 122 valence electrons. The van der Waals surface area contributed by atoms with Gasteiger partial charge in [-0.15, -0.1) is 11.3 Å². The topological polar surface area (TPSA) is 96.3 Å². The Kier molecular flexibility index (Phi) is 4.92. The van der Waals surface area contributed by atoms with Crippen LogP contribution in [0, 0.1) is 0 Å². The largest absolute Gasteiger partial charge is 0.459 e. The summed E-state index contributed by atoms with van der Waals surface area (Å²) in [4.78, 5) is 27.7. The molecule has 7 nitrogen and oxygen atoms in total. The maximum absolute atomic E-state index is 11.7. The van der Waals surface area contributed by atoms with E-state index in [0.29, 0.717) is 25.6 Å². The number of aromatic nitrogens is 1. The molecular weight excluding hydrogens is 316 g/mol. The summed E-state index contributed by atoms with van der Waals surface area (Å²) < 4.78 is 4.97. The molecule has 0 unspecified atom stereocenters. The molecule has 0 aromatic carbocycles. The number of furan rings is 1. The van der Waals surface area contributed by atoms with Gasteiger partial charge >= 0.3 is 6.03 Å². The smallest absolute Gasteiger partial charge is 0.315 e. The van der Waals surface area contributed by atoms with Gasteiger partial charge in [0.1, 0.15) is 0 Å². The van der Waals surface area contributed by atoms with E-state index < -0.39 is 0 Å². The van der Waals surface area contributed by atoms with Gasteiger partial charge in [-0.25, -0.2) is 9.78 Å². The molecule has 0 aliphatic heterocycles. The van der Waals surface area contributed by atoms with Crippen LogP contribution in [0.4, 0.5) is 4.79 Å². The van der Waals surface area contributed by atoms with Crippen LogP contribution in [0.25, 0.3) is 0 Å². The van der Waals surface area contributed by atoms with E-state index in [-0.39, 0.29) is 17.7 Å². The van der Waals surface area contributed by atoms with Crippen LogP contribution < -0.4 is 16.0 Å². The fourth-order valence-corrected chi connectivity index (χ4v) is 2.99. The second kappa shape index (κ2) is 7.28. The molecule has 8 heteroatoms. The van der Waals surface area contributed by atoms with E-state index in [0.717, 1.165) is 5.69 Å². The van der Waals surface area contributed by atoms with Gasteiger partial charge in [0.2, 0.25) is 0 Å². The molecule has 1 saturated carbocycles. The van der Waals surface area contributed by atoms with Crippen LogP contribution in [0.2, 0.25) is 0 Å². The number of urea groups is 1. The van der Waals surface area contributed by atoms with Gasteiger partial charge in [0, 0.05) is 24.4 Å². The molecular formula is C15H18N4O3S. The quantitative estimate of drug-likeness (QED) is 0.673. The van der Waals surface area contributed by atoms with Crippen molar-refractivity contribution in [2.75, 3.05) is 13.1 Å². The number of hydrogen-bond donors (Lipinski definition) is 3. The minimum absolute atomic E-state index is 0.254. The Labute approximate surface area is 137 Å². The monoisotopic (exact) mass is 334 g/mol. The van der Waals surface area contributed by atoms with Crippen molar-refractivity contribution in [2.24, 2.45) is 0 Å². The molecule has 0 spiro atoms. The molecule has 23 heavy (non-hydrogen) atoms. The van der Waals surface area contributed by atoms with Crippen molar-refractivity contribution in [3.8, 4) is 0 Å².